The molecule has 8 heteroatoms. The van der Waals surface area contributed by atoms with Gasteiger partial charge in [-0.3, -0.25) is 19.2 Å². The topological polar surface area (TPSA) is 105 Å². The number of fused-ring (bicyclic) bond motifs is 1. The molecule has 134 valence electrons. The van der Waals surface area contributed by atoms with E-state index >= 15 is 0 Å². The van der Waals surface area contributed by atoms with Crippen molar-refractivity contribution in [2.75, 3.05) is 28.4 Å². The van der Waals surface area contributed by atoms with Gasteiger partial charge in [-0.25, -0.2) is 0 Å². The van der Waals surface area contributed by atoms with Gasteiger partial charge >= 0.3 is 23.9 Å². The van der Waals surface area contributed by atoms with Gasteiger partial charge in [-0.1, -0.05) is 0 Å². The fourth-order valence-corrected chi connectivity index (χ4v) is 4.43. The number of methoxy groups -OCH3 is 4. The number of hydrogen-bond acceptors (Lipinski definition) is 8. The molecular formula is C16H22O8. The molecule has 0 aliphatic heterocycles. The molecule has 2 saturated carbocycles. The number of esters is 4. The van der Waals surface area contributed by atoms with Crippen LogP contribution in [-0.4, -0.2) is 52.3 Å². The van der Waals surface area contributed by atoms with Crippen LogP contribution in [0.4, 0.5) is 0 Å². The van der Waals surface area contributed by atoms with E-state index in [9.17, 15) is 19.2 Å². The first-order valence-corrected chi connectivity index (χ1v) is 7.72. The fourth-order valence-electron chi connectivity index (χ4n) is 4.43. The Morgan fingerprint density at radius 3 is 0.917 bits per heavy atom. The Balaban J connectivity index is 2.46. The van der Waals surface area contributed by atoms with Gasteiger partial charge in [-0.05, 0) is 24.7 Å². The maximum Gasteiger partial charge on any atom is 0.308 e. The van der Waals surface area contributed by atoms with Gasteiger partial charge in [0.15, 0.2) is 0 Å². The van der Waals surface area contributed by atoms with E-state index in [4.69, 9.17) is 18.9 Å². The van der Waals surface area contributed by atoms with Gasteiger partial charge in [-0.15, -0.1) is 0 Å². The molecule has 0 aromatic carbocycles. The van der Waals surface area contributed by atoms with Crippen LogP contribution < -0.4 is 0 Å². The minimum absolute atomic E-state index is 0.176. The summed E-state index contributed by atoms with van der Waals surface area (Å²) >= 11 is 0. The first kappa shape index (κ1) is 18.2. The molecule has 0 aromatic rings. The largest absolute Gasteiger partial charge is 0.469 e. The van der Waals surface area contributed by atoms with E-state index in [1.165, 1.54) is 28.4 Å². The average Bonchev–Trinajstić information content (AvgIpc) is 3.17. The number of hydrogen-bond donors (Lipinski definition) is 0. The first-order chi connectivity index (χ1) is 11.4. The molecule has 2 aliphatic rings. The summed E-state index contributed by atoms with van der Waals surface area (Å²) in [6, 6.07) is 0. The summed E-state index contributed by atoms with van der Waals surface area (Å²) in [5.41, 5.74) is 0. The summed E-state index contributed by atoms with van der Waals surface area (Å²) in [4.78, 5) is 48.7. The lowest BCUT2D eigenvalue weighted by atomic mass is 9.82. The van der Waals surface area contributed by atoms with Crippen molar-refractivity contribution in [3.05, 3.63) is 0 Å². The lowest BCUT2D eigenvalue weighted by molar-refractivity contribution is -0.153. The second-order valence-electron chi connectivity index (χ2n) is 6.14. The third kappa shape index (κ3) is 2.85. The number of ether oxygens (including phenoxy) is 4. The monoisotopic (exact) mass is 342 g/mol. The highest BCUT2D eigenvalue weighted by Crippen LogP contribution is 2.57. The normalized spacial score (nSPS) is 34.2. The number of rotatable bonds is 4. The Hall–Kier alpha value is -2.12. The second kappa shape index (κ2) is 7.19. The zero-order chi connectivity index (χ0) is 18.0. The van der Waals surface area contributed by atoms with Gasteiger partial charge in [0.25, 0.3) is 0 Å². The van der Waals surface area contributed by atoms with E-state index in [1.807, 2.05) is 0 Å². The van der Waals surface area contributed by atoms with Crippen LogP contribution in [0.5, 0.6) is 0 Å². The van der Waals surface area contributed by atoms with E-state index in [0.717, 1.165) is 0 Å². The van der Waals surface area contributed by atoms with Crippen LogP contribution in [0.3, 0.4) is 0 Å². The summed E-state index contributed by atoms with van der Waals surface area (Å²) in [6.07, 6.45) is 0.353. The molecular weight excluding hydrogens is 320 g/mol. The summed E-state index contributed by atoms with van der Waals surface area (Å²) in [5.74, 6) is -5.70. The lowest BCUT2D eigenvalue weighted by Crippen LogP contribution is -2.32. The maximum absolute atomic E-state index is 12.2. The number of carbonyl (C=O) groups excluding carboxylic acids is 4. The molecule has 24 heavy (non-hydrogen) atoms. The molecule has 0 saturated heterocycles. The van der Waals surface area contributed by atoms with E-state index < -0.39 is 59.4 Å². The maximum atomic E-state index is 12.2. The van der Waals surface area contributed by atoms with Crippen LogP contribution in [-0.2, 0) is 38.1 Å². The smallest absolute Gasteiger partial charge is 0.308 e. The molecule has 0 spiro atoms. The van der Waals surface area contributed by atoms with Crippen LogP contribution in [0.2, 0.25) is 0 Å². The van der Waals surface area contributed by atoms with Gasteiger partial charge in [0, 0.05) is 0 Å². The predicted octanol–water partition coefficient (Wildman–Crippen LogP) is 0.183. The lowest BCUT2D eigenvalue weighted by Gasteiger charge is -2.23. The van der Waals surface area contributed by atoms with E-state index in [-0.39, 0.29) is 12.8 Å². The Kier molecular flexibility index (Phi) is 5.46. The highest BCUT2D eigenvalue weighted by molar-refractivity contribution is 5.84. The van der Waals surface area contributed by atoms with Crippen molar-refractivity contribution in [1.82, 2.24) is 0 Å². The highest BCUT2D eigenvalue weighted by Gasteiger charge is 2.63. The summed E-state index contributed by atoms with van der Waals surface area (Å²) in [7, 11) is 5.01. The molecule has 6 atom stereocenters. The Morgan fingerprint density at radius 2 is 0.750 bits per heavy atom. The zero-order valence-electron chi connectivity index (χ0n) is 14.1. The van der Waals surface area contributed by atoms with Crippen molar-refractivity contribution in [2.45, 2.75) is 12.8 Å². The van der Waals surface area contributed by atoms with Crippen LogP contribution in [0.1, 0.15) is 12.8 Å². The van der Waals surface area contributed by atoms with Gasteiger partial charge in [-0.2, -0.15) is 0 Å². The van der Waals surface area contributed by atoms with E-state index in [1.54, 1.807) is 0 Å². The molecule has 0 heterocycles. The molecule has 2 unspecified atom stereocenters. The van der Waals surface area contributed by atoms with Crippen molar-refractivity contribution in [2.24, 2.45) is 35.5 Å². The van der Waals surface area contributed by atoms with Crippen molar-refractivity contribution in [3.8, 4) is 0 Å². The molecule has 0 radical (unpaired) electrons. The van der Waals surface area contributed by atoms with Crippen LogP contribution in [0.15, 0.2) is 0 Å². The van der Waals surface area contributed by atoms with Crippen LogP contribution in [0.25, 0.3) is 0 Å². The van der Waals surface area contributed by atoms with E-state index in [0.29, 0.717) is 0 Å². The molecule has 0 aromatic heterocycles. The van der Waals surface area contributed by atoms with Crippen molar-refractivity contribution < 1.29 is 38.1 Å². The quantitative estimate of drug-likeness (QED) is 0.526. The predicted molar refractivity (Wildman–Crippen MR) is 78.2 cm³/mol. The fraction of sp³-hybridized carbons (Fsp3) is 0.750. The van der Waals surface area contributed by atoms with Crippen molar-refractivity contribution in [1.29, 1.82) is 0 Å². The molecule has 0 N–H and O–H groups in total. The zero-order valence-corrected chi connectivity index (χ0v) is 14.1. The standard InChI is InChI=1S/C16H22O8/c1-21-13(17)7-5-8(14(18)22-2)12-10(16(20)24-4)6-9(11(7)12)15(19)23-3/h7-12H,5-6H2,1-4H3/t7-,8-,9-,10+,11?,12?/m0/s1. The third-order valence-electron chi connectivity index (χ3n) is 5.33. The van der Waals surface area contributed by atoms with E-state index in [2.05, 4.69) is 0 Å². The summed E-state index contributed by atoms with van der Waals surface area (Å²) in [5, 5.41) is 0. The molecule has 0 amide bonds. The Bertz CT molecular complexity index is 450. The third-order valence-corrected chi connectivity index (χ3v) is 5.33. The first-order valence-electron chi connectivity index (χ1n) is 7.72. The summed E-state index contributed by atoms with van der Waals surface area (Å²) < 4.78 is 19.3. The highest BCUT2D eigenvalue weighted by atomic mass is 16.5. The molecule has 2 rings (SSSR count). The van der Waals surface area contributed by atoms with Crippen molar-refractivity contribution >= 4 is 23.9 Å². The molecule has 0 bridgehead atoms. The average molecular weight is 342 g/mol. The van der Waals surface area contributed by atoms with Gasteiger partial charge in [0.1, 0.15) is 0 Å². The Morgan fingerprint density at radius 1 is 0.542 bits per heavy atom. The van der Waals surface area contributed by atoms with Gasteiger partial charge in [0.05, 0.1) is 52.1 Å². The van der Waals surface area contributed by atoms with Crippen LogP contribution in [0, 0.1) is 35.5 Å². The SMILES string of the molecule is COC(=O)[C@H]1C[C@H](C(=O)OC)C2C1[C@@H](C(=O)OC)C[C@H]2C(=O)OC. The van der Waals surface area contributed by atoms with Gasteiger partial charge in [0.2, 0.25) is 0 Å². The number of carbonyl (C=O) groups is 4. The van der Waals surface area contributed by atoms with Crippen molar-refractivity contribution in [3.63, 3.8) is 0 Å². The minimum atomic E-state index is -0.664. The molecule has 2 aliphatic carbocycles. The van der Waals surface area contributed by atoms with Gasteiger partial charge < -0.3 is 18.9 Å². The van der Waals surface area contributed by atoms with Crippen LogP contribution >= 0.6 is 0 Å². The molecule has 2 fully saturated rings. The summed E-state index contributed by atoms with van der Waals surface area (Å²) in [6.45, 7) is 0. The second-order valence-corrected chi connectivity index (χ2v) is 6.14. The minimum Gasteiger partial charge on any atom is -0.469 e. The molecule has 8 nitrogen and oxygen atoms in total. The Labute approximate surface area is 139 Å².